The zero-order valence-electron chi connectivity index (χ0n) is 6.52. The third-order valence-corrected chi connectivity index (χ3v) is 1.05. The van der Waals surface area contributed by atoms with Crippen molar-refractivity contribution in [3.05, 3.63) is 36.1 Å². The van der Waals surface area contributed by atoms with Crippen LogP contribution in [0, 0.1) is 0 Å². The normalized spacial score (nSPS) is 14.7. The summed E-state index contributed by atoms with van der Waals surface area (Å²) in [5.41, 5.74) is -0.879. The lowest BCUT2D eigenvalue weighted by Gasteiger charge is -2.05. The van der Waals surface area contributed by atoms with E-state index in [0.29, 0.717) is 6.08 Å². The fourth-order valence-electron chi connectivity index (χ4n) is 0.489. The zero-order chi connectivity index (χ0) is 9.78. The van der Waals surface area contributed by atoms with Crippen LogP contribution in [-0.4, -0.2) is 11.3 Å². The van der Waals surface area contributed by atoms with Crippen molar-refractivity contribution in [3.63, 3.8) is 0 Å². The van der Waals surface area contributed by atoms with E-state index in [1.165, 1.54) is 6.92 Å². The van der Waals surface area contributed by atoms with Gasteiger partial charge in [0.15, 0.2) is 0 Å². The van der Waals surface area contributed by atoms with Crippen LogP contribution in [0.5, 0.6) is 0 Å². The van der Waals surface area contributed by atoms with Crippen LogP contribution in [0.4, 0.5) is 13.2 Å². The molecule has 0 aliphatic heterocycles. The molecule has 0 rings (SSSR count). The molecule has 0 heterocycles. The summed E-state index contributed by atoms with van der Waals surface area (Å²) in [5.74, 6) is -0.182. The largest absolute Gasteiger partial charge is 0.513 e. The molecule has 0 aromatic heterocycles. The number of rotatable bonds is 2. The molecule has 0 aliphatic carbocycles. The summed E-state index contributed by atoms with van der Waals surface area (Å²) < 4.78 is 35.8. The van der Waals surface area contributed by atoms with Gasteiger partial charge < -0.3 is 5.11 Å². The van der Waals surface area contributed by atoms with Gasteiger partial charge in [-0.1, -0.05) is 12.7 Å². The maximum absolute atomic E-state index is 11.9. The lowest BCUT2D eigenvalue weighted by Crippen LogP contribution is -2.09. The van der Waals surface area contributed by atoms with E-state index in [1.807, 2.05) is 0 Å². The maximum atomic E-state index is 11.9. The van der Waals surface area contributed by atoms with Crippen molar-refractivity contribution in [2.75, 3.05) is 0 Å². The Balaban J connectivity index is 4.68. The molecule has 68 valence electrons. The fourth-order valence-corrected chi connectivity index (χ4v) is 0.489. The highest BCUT2D eigenvalue weighted by molar-refractivity contribution is 5.26. The minimum Gasteiger partial charge on any atom is -0.513 e. The van der Waals surface area contributed by atoms with Gasteiger partial charge >= 0.3 is 6.18 Å². The number of aliphatic hydroxyl groups excluding tert-OH is 1. The predicted octanol–water partition coefficient (Wildman–Crippen LogP) is 3.12. The Kier molecular flexibility index (Phi) is 3.60. The molecule has 0 radical (unpaired) electrons. The molecule has 0 fully saturated rings. The second-order valence-corrected chi connectivity index (χ2v) is 2.13. The molecule has 1 N–H and O–H groups in total. The van der Waals surface area contributed by atoms with Crippen molar-refractivity contribution >= 4 is 0 Å². The quantitative estimate of drug-likeness (QED) is 0.508. The van der Waals surface area contributed by atoms with E-state index in [4.69, 9.17) is 5.11 Å². The molecule has 4 heteroatoms. The zero-order valence-corrected chi connectivity index (χ0v) is 6.52. The third-order valence-electron chi connectivity index (χ3n) is 1.05. The number of alkyl halides is 3. The first kappa shape index (κ1) is 10.8. The molecule has 0 unspecified atom stereocenters. The van der Waals surface area contributed by atoms with Crippen molar-refractivity contribution in [2.24, 2.45) is 0 Å². The van der Waals surface area contributed by atoms with Gasteiger partial charge in [-0.2, -0.15) is 13.2 Å². The van der Waals surface area contributed by atoms with Crippen LogP contribution in [0.3, 0.4) is 0 Å². The first-order chi connectivity index (χ1) is 5.38. The van der Waals surface area contributed by atoms with Crippen LogP contribution in [0.1, 0.15) is 6.92 Å². The van der Waals surface area contributed by atoms with Gasteiger partial charge in [-0.15, -0.1) is 0 Å². The molecule has 1 nitrogen and oxygen atoms in total. The van der Waals surface area contributed by atoms with E-state index in [1.54, 1.807) is 0 Å². The predicted molar refractivity (Wildman–Crippen MR) is 40.7 cm³/mol. The summed E-state index contributed by atoms with van der Waals surface area (Å²) in [6, 6.07) is 0. The molecule has 0 saturated heterocycles. The van der Waals surface area contributed by atoms with Gasteiger partial charge in [0.1, 0.15) is 0 Å². The molecule has 0 saturated carbocycles. The summed E-state index contributed by atoms with van der Waals surface area (Å²) >= 11 is 0. The van der Waals surface area contributed by atoms with Gasteiger partial charge in [0.2, 0.25) is 0 Å². The Hall–Kier alpha value is -1.19. The van der Waals surface area contributed by atoms with Gasteiger partial charge in [0.25, 0.3) is 0 Å². The van der Waals surface area contributed by atoms with Crippen LogP contribution in [0.2, 0.25) is 0 Å². The molecule has 0 aromatic carbocycles. The Morgan fingerprint density at radius 3 is 2.08 bits per heavy atom. The number of halogens is 3. The fraction of sp³-hybridized carbons (Fsp3) is 0.250. The second kappa shape index (κ2) is 3.99. The summed E-state index contributed by atoms with van der Waals surface area (Å²) in [6.07, 6.45) is -1.99. The SMILES string of the molecule is C=C/C(=C\C=C(/C)O)C(F)(F)F. The molecule has 0 atom stereocenters. The molecule has 0 aromatic rings. The first-order valence-corrected chi connectivity index (χ1v) is 3.15. The lowest BCUT2D eigenvalue weighted by molar-refractivity contribution is -0.0881. The highest BCUT2D eigenvalue weighted by atomic mass is 19.4. The Morgan fingerprint density at radius 1 is 1.33 bits per heavy atom. The highest BCUT2D eigenvalue weighted by Gasteiger charge is 2.30. The summed E-state index contributed by atoms with van der Waals surface area (Å²) in [7, 11) is 0. The van der Waals surface area contributed by atoms with Crippen molar-refractivity contribution in [2.45, 2.75) is 13.1 Å². The summed E-state index contributed by atoms with van der Waals surface area (Å²) in [5, 5.41) is 8.58. The van der Waals surface area contributed by atoms with E-state index in [0.717, 1.165) is 12.2 Å². The Bertz CT molecular complexity index is 219. The average Bonchev–Trinajstić information content (AvgIpc) is 1.85. The van der Waals surface area contributed by atoms with Crippen LogP contribution >= 0.6 is 0 Å². The molecule has 12 heavy (non-hydrogen) atoms. The van der Waals surface area contributed by atoms with Crippen molar-refractivity contribution in [3.8, 4) is 0 Å². The van der Waals surface area contributed by atoms with Crippen LogP contribution in [0.25, 0.3) is 0 Å². The van der Waals surface area contributed by atoms with Crippen molar-refractivity contribution < 1.29 is 18.3 Å². The molecule has 0 amide bonds. The molecular weight excluding hydrogens is 169 g/mol. The first-order valence-electron chi connectivity index (χ1n) is 3.15. The van der Waals surface area contributed by atoms with Crippen LogP contribution in [-0.2, 0) is 0 Å². The van der Waals surface area contributed by atoms with E-state index in [2.05, 4.69) is 6.58 Å². The average molecular weight is 178 g/mol. The van der Waals surface area contributed by atoms with E-state index >= 15 is 0 Å². The lowest BCUT2D eigenvalue weighted by atomic mass is 10.2. The molecular formula is C8H9F3O. The monoisotopic (exact) mass is 178 g/mol. The summed E-state index contributed by atoms with van der Waals surface area (Å²) in [4.78, 5) is 0. The summed E-state index contributed by atoms with van der Waals surface area (Å²) in [6.45, 7) is 4.29. The van der Waals surface area contributed by atoms with Crippen LogP contribution in [0.15, 0.2) is 36.1 Å². The second-order valence-electron chi connectivity index (χ2n) is 2.13. The van der Waals surface area contributed by atoms with Gasteiger partial charge in [-0.3, -0.25) is 0 Å². The number of aliphatic hydroxyl groups is 1. The van der Waals surface area contributed by atoms with Crippen LogP contribution < -0.4 is 0 Å². The topological polar surface area (TPSA) is 20.2 Å². The van der Waals surface area contributed by atoms with E-state index in [-0.39, 0.29) is 5.76 Å². The Morgan fingerprint density at radius 2 is 1.83 bits per heavy atom. The molecule has 0 aliphatic rings. The smallest absolute Gasteiger partial charge is 0.416 e. The number of allylic oxidation sites excluding steroid dienone is 5. The number of hydrogen-bond acceptors (Lipinski definition) is 1. The van der Waals surface area contributed by atoms with Gasteiger partial charge in [0, 0.05) is 0 Å². The molecule has 0 bridgehead atoms. The number of hydrogen-bond donors (Lipinski definition) is 1. The van der Waals surface area contributed by atoms with E-state index < -0.39 is 11.7 Å². The van der Waals surface area contributed by atoms with Crippen molar-refractivity contribution in [1.29, 1.82) is 0 Å². The van der Waals surface area contributed by atoms with Crippen molar-refractivity contribution in [1.82, 2.24) is 0 Å². The highest BCUT2D eigenvalue weighted by Crippen LogP contribution is 2.26. The van der Waals surface area contributed by atoms with Gasteiger partial charge in [0.05, 0.1) is 11.3 Å². The van der Waals surface area contributed by atoms with E-state index in [9.17, 15) is 13.2 Å². The minimum absolute atomic E-state index is 0.182. The van der Waals surface area contributed by atoms with Gasteiger partial charge in [-0.05, 0) is 19.1 Å². The maximum Gasteiger partial charge on any atom is 0.416 e. The minimum atomic E-state index is -4.41. The Labute approximate surface area is 68.5 Å². The third kappa shape index (κ3) is 3.85. The van der Waals surface area contributed by atoms with Gasteiger partial charge in [-0.25, -0.2) is 0 Å². The molecule has 0 spiro atoms. The standard InChI is InChI=1S/C8H9F3O/c1-3-7(8(9,10)11)5-4-6(2)12/h3-5,12H,1H2,2H3/b6-4+,7-5+.